The van der Waals surface area contributed by atoms with Gasteiger partial charge in [0.15, 0.2) is 0 Å². The quantitative estimate of drug-likeness (QED) is 0.892. The molecule has 0 radical (unpaired) electrons. The fraction of sp³-hybridized carbons (Fsp3) is 0.286. The Kier molecular flexibility index (Phi) is 3.14. The molecular formula is C14H14FNO3. The van der Waals surface area contributed by atoms with Crippen molar-refractivity contribution in [3.8, 4) is 0 Å². The van der Waals surface area contributed by atoms with Crippen LogP contribution < -0.4 is 5.56 Å². The van der Waals surface area contributed by atoms with E-state index < -0.39 is 22.8 Å². The summed E-state index contributed by atoms with van der Waals surface area (Å²) >= 11 is 0. The van der Waals surface area contributed by atoms with Gasteiger partial charge < -0.3 is 10.1 Å². The summed E-state index contributed by atoms with van der Waals surface area (Å²) in [5, 5.41) is 9.63. The highest BCUT2D eigenvalue weighted by Gasteiger charge is 2.28. The SMILES string of the molecule is CC(C)(Cc1cc2cccc(F)c2[nH]c1=O)C(=O)O. The van der Waals surface area contributed by atoms with Crippen molar-refractivity contribution in [3.63, 3.8) is 0 Å². The van der Waals surface area contributed by atoms with Crippen molar-refractivity contribution in [3.05, 3.63) is 46.0 Å². The fourth-order valence-electron chi connectivity index (χ4n) is 1.92. The molecule has 1 aromatic heterocycles. The third kappa shape index (κ3) is 2.50. The minimum atomic E-state index is -1.05. The van der Waals surface area contributed by atoms with Gasteiger partial charge in [0.1, 0.15) is 5.82 Å². The van der Waals surface area contributed by atoms with Crippen LogP contribution in [0.25, 0.3) is 10.9 Å². The second-order valence-corrected chi connectivity index (χ2v) is 5.19. The molecule has 2 N–H and O–H groups in total. The highest BCUT2D eigenvalue weighted by molar-refractivity contribution is 5.80. The molecule has 0 aliphatic rings. The Morgan fingerprint density at radius 3 is 2.74 bits per heavy atom. The number of rotatable bonds is 3. The van der Waals surface area contributed by atoms with Crippen LogP contribution in [0, 0.1) is 11.2 Å². The fourth-order valence-corrected chi connectivity index (χ4v) is 1.92. The van der Waals surface area contributed by atoms with Gasteiger partial charge in [0.05, 0.1) is 10.9 Å². The Hall–Kier alpha value is -2.17. The molecule has 0 amide bonds. The van der Waals surface area contributed by atoms with E-state index in [1.165, 1.54) is 6.07 Å². The second kappa shape index (κ2) is 4.50. The number of carbonyl (C=O) groups is 1. The smallest absolute Gasteiger partial charge is 0.309 e. The predicted molar refractivity (Wildman–Crippen MR) is 69.6 cm³/mol. The van der Waals surface area contributed by atoms with Gasteiger partial charge in [-0.2, -0.15) is 0 Å². The second-order valence-electron chi connectivity index (χ2n) is 5.19. The van der Waals surface area contributed by atoms with Gasteiger partial charge in [-0.15, -0.1) is 0 Å². The van der Waals surface area contributed by atoms with Crippen LogP contribution in [-0.4, -0.2) is 16.1 Å². The molecule has 0 unspecified atom stereocenters. The van der Waals surface area contributed by atoms with Crippen LogP contribution in [-0.2, 0) is 11.2 Å². The molecule has 0 spiro atoms. The monoisotopic (exact) mass is 263 g/mol. The van der Waals surface area contributed by atoms with Gasteiger partial charge in [-0.3, -0.25) is 9.59 Å². The van der Waals surface area contributed by atoms with Crippen molar-refractivity contribution < 1.29 is 14.3 Å². The number of aromatic nitrogens is 1. The summed E-state index contributed by atoms with van der Waals surface area (Å²) in [7, 11) is 0. The summed E-state index contributed by atoms with van der Waals surface area (Å²) in [6.07, 6.45) is 0.0874. The Morgan fingerprint density at radius 2 is 2.11 bits per heavy atom. The molecule has 0 fully saturated rings. The summed E-state index contributed by atoms with van der Waals surface area (Å²) in [5.41, 5.74) is -1.02. The Bertz CT molecular complexity index is 703. The number of H-pyrrole nitrogens is 1. The number of carboxylic acid groups (broad SMARTS) is 1. The summed E-state index contributed by atoms with van der Waals surface area (Å²) in [6, 6.07) is 6.02. The lowest BCUT2D eigenvalue weighted by Gasteiger charge is -2.18. The van der Waals surface area contributed by atoms with E-state index in [0.717, 1.165) is 0 Å². The zero-order valence-electron chi connectivity index (χ0n) is 10.7. The standard InChI is InChI=1S/C14H14FNO3/c1-14(2,13(18)19)7-9-6-8-4-3-5-10(15)11(8)16-12(9)17/h3-6H,7H2,1-2H3,(H,16,17)(H,18,19). The molecule has 4 nitrogen and oxygen atoms in total. The zero-order valence-corrected chi connectivity index (χ0v) is 10.7. The molecule has 0 aliphatic heterocycles. The van der Waals surface area contributed by atoms with Gasteiger partial charge in [-0.05, 0) is 32.4 Å². The lowest BCUT2D eigenvalue weighted by atomic mass is 9.86. The third-order valence-electron chi connectivity index (χ3n) is 3.12. The van der Waals surface area contributed by atoms with Crippen molar-refractivity contribution in [1.29, 1.82) is 0 Å². The van der Waals surface area contributed by atoms with Crippen LogP contribution in [0.5, 0.6) is 0 Å². The van der Waals surface area contributed by atoms with E-state index in [1.54, 1.807) is 32.0 Å². The minimum Gasteiger partial charge on any atom is -0.481 e. The lowest BCUT2D eigenvalue weighted by molar-refractivity contribution is -0.146. The minimum absolute atomic E-state index is 0.0874. The number of halogens is 1. The highest BCUT2D eigenvalue weighted by Crippen LogP contribution is 2.22. The molecule has 0 atom stereocenters. The van der Waals surface area contributed by atoms with Gasteiger partial charge in [0, 0.05) is 10.9 Å². The maximum absolute atomic E-state index is 13.5. The largest absolute Gasteiger partial charge is 0.481 e. The normalized spacial score (nSPS) is 11.7. The third-order valence-corrected chi connectivity index (χ3v) is 3.12. The van der Waals surface area contributed by atoms with Crippen molar-refractivity contribution in [1.82, 2.24) is 4.98 Å². The van der Waals surface area contributed by atoms with Gasteiger partial charge >= 0.3 is 5.97 Å². The zero-order chi connectivity index (χ0) is 14.2. The number of aliphatic carboxylic acids is 1. The molecule has 0 bridgehead atoms. The first kappa shape index (κ1) is 13.3. The maximum Gasteiger partial charge on any atom is 0.309 e. The number of para-hydroxylation sites is 1. The van der Waals surface area contributed by atoms with Crippen molar-refractivity contribution >= 4 is 16.9 Å². The molecule has 5 heteroatoms. The van der Waals surface area contributed by atoms with Gasteiger partial charge in [-0.25, -0.2) is 4.39 Å². The summed E-state index contributed by atoms with van der Waals surface area (Å²) in [5.74, 6) is -1.48. The first-order valence-corrected chi connectivity index (χ1v) is 5.85. The summed E-state index contributed by atoms with van der Waals surface area (Å²) in [6.45, 7) is 3.09. The summed E-state index contributed by atoms with van der Waals surface area (Å²) < 4.78 is 13.5. The Morgan fingerprint density at radius 1 is 1.42 bits per heavy atom. The van der Waals surface area contributed by atoms with Gasteiger partial charge in [-0.1, -0.05) is 12.1 Å². The van der Waals surface area contributed by atoms with E-state index in [1.807, 2.05) is 0 Å². The van der Waals surface area contributed by atoms with E-state index in [9.17, 15) is 14.0 Å². The molecule has 19 heavy (non-hydrogen) atoms. The number of fused-ring (bicyclic) bond motifs is 1. The van der Waals surface area contributed by atoms with E-state index in [4.69, 9.17) is 5.11 Å². The van der Waals surface area contributed by atoms with E-state index in [2.05, 4.69) is 4.98 Å². The van der Waals surface area contributed by atoms with E-state index in [0.29, 0.717) is 10.9 Å². The molecule has 1 heterocycles. The first-order chi connectivity index (χ1) is 8.81. The van der Waals surface area contributed by atoms with Crippen LogP contribution in [0.1, 0.15) is 19.4 Å². The molecule has 1 aromatic carbocycles. The topological polar surface area (TPSA) is 70.2 Å². The number of benzene rings is 1. The van der Waals surface area contributed by atoms with Crippen LogP contribution in [0.15, 0.2) is 29.1 Å². The molecule has 100 valence electrons. The number of hydrogen-bond acceptors (Lipinski definition) is 2. The summed E-state index contributed by atoms with van der Waals surface area (Å²) in [4.78, 5) is 25.4. The van der Waals surface area contributed by atoms with Crippen molar-refractivity contribution in [2.24, 2.45) is 5.41 Å². The van der Waals surface area contributed by atoms with E-state index >= 15 is 0 Å². The molecule has 2 rings (SSSR count). The van der Waals surface area contributed by atoms with Crippen molar-refractivity contribution in [2.45, 2.75) is 20.3 Å². The number of aromatic amines is 1. The van der Waals surface area contributed by atoms with Crippen molar-refractivity contribution in [2.75, 3.05) is 0 Å². The molecule has 0 saturated heterocycles. The van der Waals surface area contributed by atoms with Crippen LogP contribution in [0.4, 0.5) is 4.39 Å². The first-order valence-electron chi connectivity index (χ1n) is 5.85. The van der Waals surface area contributed by atoms with Crippen LogP contribution in [0.2, 0.25) is 0 Å². The molecule has 2 aromatic rings. The number of carboxylic acids is 1. The maximum atomic E-state index is 13.5. The highest BCUT2D eigenvalue weighted by atomic mass is 19.1. The van der Waals surface area contributed by atoms with E-state index in [-0.39, 0.29) is 11.9 Å². The number of nitrogens with one attached hydrogen (secondary N) is 1. The average Bonchev–Trinajstić information content (AvgIpc) is 2.31. The average molecular weight is 263 g/mol. The number of hydrogen-bond donors (Lipinski definition) is 2. The Balaban J connectivity index is 2.54. The molecular weight excluding hydrogens is 249 g/mol. The molecule has 0 aliphatic carbocycles. The van der Waals surface area contributed by atoms with Crippen LogP contribution in [0.3, 0.4) is 0 Å². The molecule has 0 saturated carbocycles. The lowest BCUT2D eigenvalue weighted by Crippen LogP contribution is -2.29. The van der Waals surface area contributed by atoms with Crippen LogP contribution >= 0.6 is 0 Å². The Labute approximate surface area is 108 Å². The van der Waals surface area contributed by atoms with Gasteiger partial charge in [0.25, 0.3) is 5.56 Å². The van der Waals surface area contributed by atoms with Gasteiger partial charge in [0.2, 0.25) is 0 Å². The predicted octanol–water partition coefficient (Wildman–Crippen LogP) is 2.32. The number of pyridine rings is 1.